The molecular formula is C21H17BrIN5O2. The molecule has 9 heteroatoms. The summed E-state index contributed by atoms with van der Waals surface area (Å²) in [5.74, 6) is 0.868. The van der Waals surface area contributed by atoms with E-state index in [1.54, 1.807) is 18.3 Å². The number of anilines is 1. The van der Waals surface area contributed by atoms with E-state index in [2.05, 4.69) is 59.0 Å². The molecule has 2 N–H and O–H groups in total. The smallest absolute Gasteiger partial charge is 0.270 e. The summed E-state index contributed by atoms with van der Waals surface area (Å²) in [6, 6.07) is 14.8. The van der Waals surface area contributed by atoms with Crippen molar-refractivity contribution in [1.82, 2.24) is 9.97 Å². The zero-order chi connectivity index (χ0) is 21.5. The summed E-state index contributed by atoms with van der Waals surface area (Å²) >= 11 is 5.69. The third-order valence-corrected chi connectivity index (χ3v) is 5.20. The minimum absolute atomic E-state index is 0.0486. The van der Waals surface area contributed by atoms with Crippen LogP contribution in [0.3, 0.4) is 0 Å². The lowest BCUT2D eigenvalue weighted by molar-refractivity contribution is 0.315. The van der Waals surface area contributed by atoms with Crippen LogP contribution in [0.1, 0.15) is 24.5 Å². The average Bonchev–Trinajstić information content (AvgIpc) is 2.73. The van der Waals surface area contributed by atoms with Gasteiger partial charge in [-0.05, 0) is 41.1 Å². The van der Waals surface area contributed by atoms with Crippen LogP contribution in [-0.4, -0.2) is 22.8 Å². The van der Waals surface area contributed by atoms with Crippen LogP contribution in [0.4, 0.5) is 5.95 Å². The van der Waals surface area contributed by atoms with Gasteiger partial charge in [-0.2, -0.15) is 10.4 Å². The maximum Gasteiger partial charge on any atom is 0.270 e. The lowest BCUT2D eigenvalue weighted by Gasteiger charge is -2.11. The Morgan fingerprint density at radius 1 is 1.37 bits per heavy atom. The molecule has 0 aliphatic rings. The van der Waals surface area contributed by atoms with Gasteiger partial charge in [-0.25, -0.2) is 10.4 Å². The van der Waals surface area contributed by atoms with Crippen LogP contribution in [0.15, 0.2) is 56.8 Å². The summed E-state index contributed by atoms with van der Waals surface area (Å²) in [6.07, 6.45) is 2.48. The molecule has 0 saturated carbocycles. The second-order valence-electron chi connectivity index (χ2n) is 6.14. The number of hydrogen-bond acceptors (Lipinski definition) is 6. The first-order valence-corrected chi connectivity index (χ1v) is 10.9. The zero-order valence-corrected chi connectivity index (χ0v) is 19.7. The number of H-pyrrole nitrogens is 1. The number of nitriles is 1. The van der Waals surface area contributed by atoms with Gasteiger partial charge in [-0.1, -0.05) is 53.2 Å². The SMILES string of the molecule is CCCOc1c(I)cc(Br)cc1C=NNc1nc(-c2ccccc2)c(C#N)c(=O)[nH]1. The van der Waals surface area contributed by atoms with E-state index >= 15 is 0 Å². The van der Waals surface area contributed by atoms with Gasteiger partial charge in [0.15, 0.2) is 0 Å². The van der Waals surface area contributed by atoms with Gasteiger partial charge in [0.1, 0.15) is 17.4 Å². The highest BCUT2D eigenvalue weighted by molar-refractivity contribution is 14.1. The molecule has 152 valence electrons. The Morgan fingerprint density at radius 3 is 2.83 bits per heavy atom. The van der Waals surface area contributed by atoms with Crippen LogP contribution in [0, 0.1) is 14.9 Å². The summed E-state index contributed by atoms with van der Waals surface area (Å²) in [4.78, 5) is 19.2. The Bertz CT molecular complexity index is 1170. The fourth-order valence-corrected chi connectivity index (χ4v) is 4.34. The summed E-state index contributed by atoms with van der Waals surface area (Å²) in [7, 11) is 0. The largest absolute Gasteiger partial charge is 0.492 e. The topological polar surface area (TPSA) is 103 Å². The van der Waals surface area contributed by atoms with Crippen molar-refractivity contribution < 1.29 is 4.74 Å². The molecule has 3 aromatic rings. The van der Waals surface area contributed by atoms with Gasteiger partial charge in [0.05, 0.1) is 22.1 Å². The molecule has 0 radical (unpaired) electrons. The number of rotatable bonds is 7. The second-order valence-corrected chi connectivity index (χ2v) is 8.22. The van der Waals surface area contributed by atoms with Gasteiger partial charge in [-0.3, -0.25) is 9.78 Å². The van der Waals surface area contributed by atoms with Crippen molar-refractivity contribution in [1.29, 1.82) is 5.26 Å². The molecule has 30 heavy (non-hydrogen) atoms. The quantitative estimate of drug-likeness (QED) is 0.236. The van der Waals surface area contributed by atoms with E-state index < -0.39 is 5.56 Å². The van der Waals surface area contributed by atoms with Crippen LogP contribution in [0.5, 0.6) is 5.75 Å². The van der Waals surface area contributed by atoms with Gasteiger partial charge in [0.2, 0.25) is 5.95 Å². The number of hydrogen-bond donors (Lipinski definition) is 2. The molecule has 0 bridgehead atoms. The number of hydrazone groups is 1. The molecule has 0 saturated heterocycles. The molecule has 0 fully saturated rings. The molecule has 0 aliphatic carbocycles. The first-order valence-electron chi connectivity index (χ1n) is 9.04. The van der Waals surface area contributed by atoms with E-state index in [4.69, 9.17) is 4.74 Å². The third kappa shape index (κ3) is 5.25. The predicted molar refractivity (Wildman–Crippen MR) is 129 cm³/mol. The lowest BCUT2D eigenvalue weighted by Crippen LogP contribution is -2.16. The zero-order valence-electron chi connectivity index (χ0n) is 15.9. The van der Waals surface area contributed by atoms with E-state index in [-0.39, 0.29) is 11.5 Å². The number of nitrogens with zero attached hydrogens (tertiary/aromatic N) is 3. The minimum atomic E-state index is -0.534. The molecule has 0 unspecified atom stereocenters. The van der Waals surface area contributed by atoms with E-state index in [0.29, 0.717) is 17.9 Å². The van der Waals surface area contributed by atoms with Gasteiger partial charge >= 0.3 is 0 Å². The maximum atomic E-state index is 12.3. The first-order chi connectivity index (χ1) is 14.5. The number of halogens is 2. The van der Waals surface area contributed by atoms with Crippen LogP contribution in [0.2, 0.25) is 0 Å². The maximum absolute atomic E-state index is 12.3. The Hall–Kier alpha value is -2.71. The van der Waals surface area contributed by atoms with Crippen LogP contribution in [0.25, 0.3) is 11.3 Å². The Balaban J connectivity index is 1.92. The number of aromatic amines is 1. The van der Waals surface area contributed by atoms with Crippen molar-refractivity contribution >= 4 is 50.7 Å². The normalized spacial score (nSPS) is 10.7. The first kappa shape index (κ1) is 22.0. The standard InChI is InChI=1S/C21H17BrIN5O2/c1-2-8-30-19-14(9-15(22)10-17(19)23)12-25-28-21-26-18(13-6-4-3-5-7-13)16(11-24)20(29)27-21/h3-7,9-10,12H,2,8H2,1H3,(H2,26,27,28,29). The van der Waals surface area contributed by atoms with E-state index in [1.165, 1.54) is 0 Å². The number of aromatic nitrogens is 2. The molecule has 0 spiro atoms. The van der Waals surface area contributed by atoms with Crippen molar-refractivity contribution in [2.24, 2.45) is 5.10 Å². The van der Waals surface area contributed by atoms with E-state index in [1.807, 2.05) is 43.3 Å². The number of nitrogens with one attached hydrogen (secondary N) is 2. The molecule has 1 heterocycles. The lowest BCUT2D eigenvalue weighted by atomic mass is 10.1. The molecule has 0 aliphatic heterocycles. The summed E-state index contributed by atoms with van der Waals surface area (Å²) in [5, 5.41) is 13.5. The Kier molecular flexibility index (Phi) is 7.59. The molecule has 7 nitrogen and oxygen atoms in total. The molecule has 0 atom stereocenters. The van der Waals surface area contributed by atoms with Gasteiger partial charge in [-0.15, -0.1) is 0 Å². The summed E-state index contributed by atoms with van der Waals surface area (Å²) in [6.45, 7) is 2.63. The molecular weight excluding hydrogens is 561 g/mol. The van der Waals surface area contributed by atoms with Crippen LogP contribution in [-0.2, 0) is 0 Å². The fourth-order valence-electron chi connectivity index (χ4n) is 2.63. The van der Waals surface area contributed by atoms with Crippen LogP contribution >= 0.6 is 38.5 Å². The molecule has 0 amide bonds. The third-order valence-electron chi connectivity index (χ3n) is 3.94. The monoisotopic (exact) mass is 577 g/mol. The van der Waals surface area contributed by atoms with Gasteiger partial charge in [0, 0.05) is 15.6 Å². The number of ether oxygens (including phenoxy) is 1. The van der Waals surface area contributed by atoms with Crippen LogP contribution < -0.4 is 15.7 Å². The highest BCUT2D eigenvalue weighted by Crippen LogP contribution is 2.29. The average molecular weight is 578 g/mol. The van der Waals surface area contributed by atoms with Gasteiger partial charge in [0.25, 0.3) is 5.56 Å². The number of benzene rings is 2. The second kappa shape index (κ2) is 10.4. The Labute approximate surface area is 195 Å². The summed E-state index contributed by atoms with van der Waals surface area (Å²) < 4.78 is 7.69. The van der Waals surface area contributed by atoms with E-state index in [0.717, 1.165) is 25.8 Å². The highest BCUT2D eigenvalue weighted by Gasteiger charge is 2.13. The van der Waals surface area contributed by atoms with Crippen molar-refractivity contribution in [2.75, 3.05) is 12.0 Å². The fraction of sp³-hybridized carbons (Fsp3) is 0.143. The van der Waals surface area contributed by atoms with Crippen molar-refractivity contribution in [3.63, 3.8) is 0 Å². The molecule has 3 rings (SSSR count). The Morgan fingerprint density at radius 2 is 2.13 bits per heavy atom. The molecule has 1 aromatic heterocycles. The van der Waals surface area contributed by atoms with Crippen molar-refractivity contribution in [2.45, 2.75) is 13.3 Å². The van der Waals surface area contributed by atoms with Gasteiger partial charge < -0.3 is 4.74 Å². The molecule has 2 aromatic carbocycles. The van der Waals surface area contributed by atoms with E-state index in [9.17, 15) is 10.1 Å². The summed E-state index contributed by atoms with van der Waals surface area (Å²) in [5.41, 5.74) is 3.89. The highest BCUT2D eigenvalue weighted by atomic mass is 127. The minimum Gasteiger partial charge on any atom is -0.492 e. The van der Waals surface area contributed by atoms with Crippen molar-refractivity contribution in [3.05, 3.63) is 72.0 Å². The van der Waals surface area contributed by atoms with Crippen molar-refractivity contribution in [3.8, 4) is 23.1 Å². The predicted octanol–water partition coefficient (Wildman–Crippen LogP) is 4.91.